The van der Waals surface area contributed by atoms with Gasteiger partial charge in [-0.25, -0.2) is 0 Å². The van der Waals surface area contributed by atoms with Crippen LogP contribution in [-0.2, 0) is 0 Å². The molecule has 0 aromatic heterocycles. The molecule has 1 unspecified atom stereocenters. The van der Waals surface area contributed by atoms with Crippen LogP contribution in [0.4, 0.5) is 0 Å². The Balaban J connectivity index is 0.00000128. The third kappa shape index (κ3) is 3.88. The van der Waals surface area contributed by atoms with Crippen molar-refractivity contribution in [1.29, 1.82) is 0 Å². The van der Waals surface area contributed by atoms with Crippen LogP contribution in [0.15, 0.2) is 0 Å². The van der Waals surface area contributed by atoms with Crippen LogP contribution in [0.2, 0.25) is 0 Å². The maximum absolute atomic E-state index is 5.62. The summed E-state index contributed by atoms with van der Waals surface area (Å²) in [5, 5.41) is 0. The largest absolute Gasteiger partial charge is 0.329 e. The molecular weight excluding hydrogens is 222 g/mol. The van der Waals surface area contributed by atoms with Gasteiger partial charge < -0.3 is 15.5 Å². The first-order valence-corrected chi connectivity index (χ1v) is 6.56. The summed E-state index contributed by atoms with van der Waals surface area (Å²) >= 11 is 0. The minimum atomic E-state index is 0. The third-order valence-electron chi connectivity index (χ3n) is 3.89. The Bertz CT molecular complexity index is 183. The van der Waals surface area contributed by atoms with E-state index in [4.69, 9.17) is 5.73 Å². The summed E-state index contributed by atoms with van der Waals surface area (Å²) in [7, 11) is 0. The van der Waals surface area contributed by atoms with Gasteiger partial charge in [0, 0.05) is 19.1 Å². The Morgan fingerprint density at radius 2 is 1.69 bits per heavy atom. The lowest BCUT2D eigenvalue weighted by Crippen LogP contribution is -2.34. The molecule has 2 N–H and O–H groups in total. The summed E-state index contributed by atoms with van der Waals surface area (Å²) in [6.45, 7) is 7.13. The van der Waals surface area contributed by atoms with Gasteiger partial charge in [-0.15, -0.1) is 12.4 Å². The first-order valence-electron chi connectivity index (χ1n) is 6.56. The summed E-state index contributed by atoms with van der Waals surface area (Å²) < 4.78 is 0. The van der Waals surface area contributed by atoms with E-state index in [2.05, 4.69) is 9.80 Å². The molecule has 0 amide bonds. The van der Waals surface area contributed by atoms with Gasteiger partial charge in [0.15, 0.2) is 0 Å². The van der Waals surface area contributed by atoms with Gasteiger partial charge in [0.1, 0.15) is 0 Å². The highest BCUT2D eigenvalue weighted by atomic mass is 35.5. The van der Waals surface area contributed by atoms with Crippen molar-refractivity contribution in [3.8, 4) is 0 Å². The Hall–Kier alpha value is 0.170. The van der Waals surface area contributed by atoms with Gasteiger partial charge in [-0.2, -0.15) is 0 Å². The van der Waals surface area contributed by atoms with Crippen LogP contribution in [0.5, 0.6) is 0 Å². The molecule has 2 saturated heterocycles. The molecule has 2 aliphatic rings. The maximum Gasteiger partial charge on any atom is 0.0108 e. The van der Waals surface area contributed by atoms with Crippen LogP contribution < -0.4 is 5.73 Å². The third-order valence-corrected chi connectivity index (χ3v) is 3.89. The lowest BCUT2D eigenvalue weighted by atomic mass is 10.1. The average molecular weight is 248 g/mol. The molecule has 0 aliphatic carbocycles. The molecule has 2 aliphatic heterocycles. The summed E-state index contributed by atoms with van der Waals surface area (Å²) in [5.41, 5.74) is 5.62. The second-order valence-corrected chi connectivity index (χ2v) is 4.96. The van der Waals surface area contributed by atoms with Gasteiger partial charge in [-0.3, -0.25) is 0 Å². The van der Waals surface area contributed by atoms with E-state index in [9.17, 15) is 0 Å². The van der Waals surface area contributed by atoms with Crippen molar-refractivity contribution in [2.24, 2.45) is 5.73 Å². The molecule has 16 heavy (non-hydrogen) atoms. The highest BCUT2D eigenvalue weighted by Gasteiger charge is 2.24. The molecule has 4 heteroatoms. The van der Waals surface area contributed by atoms with Crippen LogP contribution >= 0.6 is 12.4 Å². The van der Waals surface area contributed by atoms with Gasteiger partial charge in [-0.1, -0.05) is 0 Å². The zero-order chi connectivity index (χ0) is 10.5. The highest BCUT2D eigenvalue weighted by Crippen LogP contribution is 2.20. The smallest absolute Gasteiger partial charge is 0.0108 e. The van der Waals surface area contributed by atoms with Crippen molar-refractivity contribution >= 4 is 12.4 Å². The fourth-order valence-electron chi connectivity index (χ4n) is 3.02. The van der Waals surface area contributed by atoms with E-state index < -0.39 is 0 Å². The second kappa shape index (κ2) is 7.49. The minimum Gasteiger partial charge on any atom is -0.329 e. The number of nitrogens with zero attached hydrogens (tertiary/aromatic N) is 2. The molecule has 1 atom stereocenters. The standard InChI is InChI=1S/C12H25N3.ClH/c13-6-11-14-7-3-4-12(5-10-14)15-8-1-2-9-15;/h12H,1-11,13H2;1H. The van der Waals surface area contributed by atoms with E-state index in [0.29, 0.717) is 0 Å². The van der Waals surface area contributed by atoms with Gasteiger partial charge in [0.2, 0.25) is 0 Å². The first-order chi connectivity index (χ1) is 7.40. The summed E-state index contributed by atoms with van der Waals surface area (Å²) in [6.07, 6.45) is 6.97. The van der Waals surface area contributed by atoms with E-state index in [-0.39, 0.29) is 12.4 Å². The lowest BCUT2D eigenvalue weighted by molar-refractivity contribution is 0.216. The topological polar surface area (TPSA) is 32.5 Å². The van der Waals surface area contributed by atoms with E-state index in [1.54, 1.807) is 0 Å². The number of hydrogen-bond acceptors (Lipinski definition) is 3. The Labute approximate surface area is 106 Å². The zero-order valence-corrected chi connectivity index (χ0v) is 11.1. The van der Waals surface area contributed by atoms with Crippen molar-refractivity contribution < 1.29 is 0 Å². The van der Waals surface area contributed by atoms with Gasteiger partial charge in [0.05, 0.1) is 0 Å². The molecule has 0 aromatic carbocycles. The van der Waals surface area contributed by atoms with Crippen molar-refractivity contribution in [3.63, 3.8) is 0 Å². The Kier molecular flexibility index (Phi) is 6.66. The molecule has 96 valence electrons. The zero-order valence-electron chi connectivity index (χ0n) is 10.2. The molecular formula is C12H26ClN3. The molecule has 2 heterocycles. The molecule has 0 spiro atoms. The van der Waals surface area contributed by atoms with Crippen LogP contribution in [0.3, 0.4) is 0 Å². The van der Waals surface area contributed by atoms with E-state index in [1.807, 2.05) is 0 Å². The fourth-order valence-corrected chi connectivity index (χ4v) is 3.02. The van der Waals surface area contributed by atoms with Gasteiger partial charge >= 0.3 is 0 Å². The highest BCUT2D eigenvalue weighted by molar-refractivity contribution is 5.85. The van der Waals surface area contributed by atoms with E-state index in [0.717, 1.165) is 19.1 Å². The van der Waals surface area contributed by atoms with Crippen molar-refractivity contribution in [2.75, 3.05) is 39.3 Å². The van der Waals surface area contributed by atoms with E-state index in [1.165, 1.54) is 58.3 Å². The van der Waals surface area contributed by atoms with Crippen LogP contribution in [-0.4, -0.2) is 55.1 Å². The number of likely N-dealkylation sites (tertiary alicyclic amines) is 2. The molecule has 0 radical (unpaired) electrons. The average Bonchev–Trinajstić information content (AvgIpc) is 2.67. The molecule has 0 aromatic rings. The second-order valence-electron chi connectivity index (χ2n) is 4.96. The molecule has 0 saturated carbocycles. The minimum absolute atomic E-state index is 0. The molecule has 0 bridgehead atoms. The van der Waals surface area contributed by atoms with Crippen LogP contribution in [0.1, 0.15) is 32.1 Å². The summed E-state index contributed by atoms with van der Waals surface area (Å²) in [5.74, 6) is 0. The Morgan fingerprint density at radius 1 is 0.938 bits per heavy atom. The number of hydrogen-bond donors (Lipinski definition) is 1. The van der Waals surface area contributed by atoms with Crippen molar-refractivity contribution in [3.05, 3.63) is 0 Å². The summed E-state index contributed by atoms with van der Waals surface area (Å²) in [6, 6.07) is 0.871. The maximum atomic E-state index is 5.62. The van der Waals surface area contributed by atoms with Crippen molar-refractivity contribution in [1.82, 2.24) is 9.80 Å². The fraction of sp³-hybridized carbons (Fsp3) is 1.00. The molecule has 3 nitrogen and oxygen atoms in total. The van der Waals surface area contributed by atoms with Crippen molar-refractivity contribution in [2.45, 2.75) is 38.1 Å². The van der Waals surface area contributed by atoms with Gasteiger partial charge in [-0.05, 0) is 58.3 Å². The number of nitrogens with two attached hydrogens (primary N) is 1. The molecule has 2 rings (SSSR count). The molecule has 2 fully saturated rings. The monoisotopic (exact) mass is 247 g/mol. The number of rotatable bonds is 3. The lowest BCUT2D eigenvalue weighted by Gasteiger charge is -2.26. The predicted molar refractivity (Wildman–Crippen MR) is 71.2 cm³/mol. The number of halogens is 1. The van der Waals surface area contributed by atoms with Crippen LogP contribution in [0.25, 0.3) is 0 Å². The predicted octanol–water partition coefficient (Wildman–Crippen LogP) is 1.32. The van der Waals surface area contributed by atoms with Crippen LogP contribution in [0, 0.1) is 0 Å². The van der Waals surface area contributed by atoms with E-state index >= 15 is 0 Å². The quantitative estimate of drug-likeness (QED) is 0.817. The first kappa shape index (κ1) is 14.2. The SMILES string of the molecule is Cl.NCCN1CCCC(N2CCCC2)CC1. The normalized spacial score (nSPS) is 28.7. The Morgan fingerprint density at radius 3 is 2.38 bits per heavy atom. The van der Waals surface area contributed by atoms with Gasteiger partial charge in [0.25, 0.3) is 0 Å². The summed E-state index contributed by atoms with van der Waals surface area (Å²) in [4.78, 5) is 5.25.